The van der Waals surface area contributed by atoms with Gasteiger partial charge in [0.2, 0.25) is 0 Å². The number of allylic oxidation sites excluding steroid dienone is 3. The Hall–Kier alpha value is -1.13. The van der Waals surface area contributed by atoms with Crippen LogP contribution in [0.1, 0.15) is 27.2 Å². The Kier molecular flexibility index (Phi) is 6.16. The molecule has 2 aromatic carbocycles. The van der Waals surface area contributed by atoms with Gasteiger partial charge >= 0.3 is 0 Å². The van der Waals surface area contributed by atoms with Crippen molar-refractivity contribution in [3.63, 3.8) is 0 Å². The standard InChI is InChI=1S/C23H26BrClOSi/c1-22(2,3)27(20-12-6-4-7-13-20,21-14-8-5-9-15-21)26-18-23(25)16-10-11-19(24)17-23/h4-15,17H,16,18H2,1-3H3. The lowest BCUT2D eigenvalue weighted by molar-refractivity contribution is 0.271. The second-order valence-corrected chi connectivity index (χ2v) is 14.1. The van der Waals surface area contributed by atoms with Crippen LogP contribution in [0.2, 0.25) is 5.04 Å². The molecule has 0 amide bonds. The van der Waals surface area contributed by atoms with E-state index in [1.165, 1.54) is 10.4 Å². The molecule has 0 aliphatic heterocycles. The molecule has 0 aromatic heterocycles. The van der Waals surface area contributed by atoms with Gasteiger partial charge in [-0.1, -0.05) is 110 Å². The Balaban J connectivity index is 2.09. The molecule has 1 aliphatic rings. The highest BCUT2D eigenvalue weighted by Gasteiger charge is 2.51. The van der Waals surface area contributed by atoms with Gasteiger partial charge in [0.05, 0.1) is 11.5 Å². The van der Waals surface area contributed by atoms with E-state index in [0.717, 1.165) is 10.9 Å². The van der Waals surface area contributed by atoms with Crippen LogP contribution in [-0.2, 0) is 4.43 Å². The fourth-order valence-corrected chi connectivity index (χ4v) is 9.55. The van der Waals surface area contributed by atoms with E-state index in [0.29, 0.717) is 6.61 Å². The third-order valence-corrected chi connectivity index (χ3v) is 10.9. The van der Waals surface area contributed by atoms with Crippen molar-refractivity contribution in [1.29, 1.82) is 0 Å². The number of rotatable bonds is 5. The van der Waals surface area contributed by atoms with Gasteiger partial charge in [-0.15, -0.1) is 11.6 Å². The fraction of sp³-hybridized carbons (Fsp3) is 0.304. The second kappa shape index (κ2) is 8.08. The van der Waals surface area contributed by atoms with Crippen LogP contribution in [0.25, 0.3) is 0 Å². The van der Waals surface area contributed by atoms with E-state index in [1.54, 1.807) is 0 Å². The van der Waals surface area contributed by atoms with Gasteiger partial charge in [0, 0.05) is 4.48 Å². The van der Waals surface area contributed by atoms with Crippen molar-refractivity contribution in [3.8, 4) is 0 Å². The van der Waals surface area contributed by atoms with Crippen LogP contribution in [0.4, 0.5) is 0 Å². The minimum Gasteiger partial charge on any atom is -0.405 e. The van der Waals surface area contributed by atoms with E-state index in [-0.39, 0.29) is 5.04 Å². The molecule has 0 saturated heterocycles. The maximum atomic E-state index is 6.96. The highest BCUT2D eigenvalue weighted by Crippen LogP contribution is 2.39. The Morgan fingerprint density at radius 2 is 1.52 bits per heavy atom. The van der Waals surface area contributed by atoms with E-state index in [9.17, 15) is 0 Å². The summed E-state index contributed by atoms with van der Waals surface area (Å²) in [6.45, 7) is 7.33. The molecule has 142 valence electrons. The Morgan fingerprint density at radius 1 is 1.00 bits per heavy atom. The molecule has 3 rings (SSSR count). The lowest BCUT2D eigenvalue weighted by Gasteiger charge is -2.44. The quantitative estimate of drug-likeness (QED) is 0.405. The van der Waals surface area contributed by atoms with E-state index < -0.39 is 13.2 Å². The first-order chi connectivity index (χ1) is 12.8. The number of halogens is 2. The monoisotopic (exact) mass is 460 g/mol. The van der Waals surface area contributed by atoms with Crippen molar-refractivity contribution < 1.29 is 4.43 Å². The molecule has 0 saturated carbocycles. The van der Waals surface area contributed by atoms with Crippen molar-refractivity contribution in [3.05, 3.63) is 83.4 Å². The molecule has 4 heteroatoms. The van der Waals surface area contributed by atoms with Gasteiger partial charge in [0.1, 0.15) is 0 Å². The molecular formula is C23H26BrClOSi. The molecule has 0 N–H and O–H groups in total. The van der Waals surface area contributed by atoms with Crippen LogP contribution >= 0.6 is 27.5 Å². The third kappa shape index (κ3) is 4.32. The molecule has 0 heterocycles. The average molecular weight is 462 g/mol. The molecule has 1 atom stereocenters. The number of hydrogen-bond donors (Lipinski definition) is 0. The maximum Gasteiger partial charge on any atom is 0.261 e. The Bertz CT molecular complexity index is 787. The van der Waals surface area contributed by atoms with E-state index in [2.05, 4.69) is 110 Å². The van der Waals surface area contributed by atoms with Crippen molar-refractivity contribution in [2.24, 2.45) is 0 Å². The summed E-state index contributed by atoms with van der Waals surface area (Å²) >= 11 is 10.5. The first-order valence-corrected chi connectivity index (χ1v) is 12.3. The predicted octanol–water partition coefficient (Wildman–Crippen LogP) is 5.78. The zero-order chi connectivity index (χ0) is 19.5. The van der Waals surface area contributed by atoms with Gasteiger partial charge in [-0.3, -0.25) is 0 Å². The lowest BCUT2D eigenvalue weighted by atomic mass is 10.0. The summed E-state index contributed by atoms with van der Waals surface area (Å²) in [6, 6.07) is 21.4. The molecule has 1 aliphatic carbocycles. The van der Waals surface area contributed by atoms with Crippen LogP contribution < -0.4 is 10.4 Å². The van der Waals surface area contributed by atoms with Gasteiger partial charge in [-0.2, -0.15) is 0 Å². The molecule has 0 radical (unpaired) electrons. The lowest BCUT2D eigenvalue weighted by Crippen LogP contribution is -2.67. The van der Waals surface area contributed by atoms with Crippen LogP contribution in [0.3, 0.4) is 0 Å². The third-order valence-electron chi connectivity index (χ3n) is 5.08. The van der Waals surface area contributed by atoms with Gasteiger partial charge in [-0.05, 0) is 27.9 Å². The van der Waals surface area contributed by atoms with Crippen molar-refractivity contribution in [1.82, 2.24) is 0 Å². The SMILES string of the molecule is CC(C)(C)[Si](OCC1(Cl)C=C(Br)C=CC1)(c1ccccc1)c1ccccc1. The molecule has 2 aromatic rings. The second-order valence-electron chi connectivity index (χ2n) is 8.12. The summed E-state index contributed by atoms with van der Waals surface area (Å²) in [7, 11) is -2.56. The van der Waals surface area contributed by atoms with E-state index >= 15 is 0 Å². The summed E-state index contributed by atoms with van der Waals surface area (Å²) in [5, 5.41) is 2.51. The van der Waals surface area contributed by atoms with Crippen molar-refractivity contribution >= 4 is 46.2 Å². The van der Waals surface area contributed by atoms with E-state index in [1.807, 2.05) is 6.08 Å². The minimum atomic E-state index is -2.56. The first kappa shape index (κ1) is 20.6. The summed E-state index contributed by atoms with van der Waals surface area (Å²) < 4.78 is 7.97. The Labute approximate surface area is 177 Å². The van der Waals surface area contributed by atoms with Gasteiger partial charge in [0.15, 0.2) is 0 Å². The molecule has 0 spiro atoms. The average Bonchev–Trinajstić information content (AvgIpc) is 2.63. The highest BCUT2D eigenvalue weighted by atomic mass is 79.9. The predicted molar refractivity (Wildman–Crippen MR) is 123 cm³/mol. The smallest absolute Gasteiger partial charge is 0.261 e. The molecule has 0 bridgehead atoms. The fourth-order valence-electron chi connectivity index (χ4n) is 3.81. The largest absolute Gasteiger partial charge is 0.405 e. The molecule has 27 heavy (non-hydrogen) atoms. The first-order valence-electron chi connectivity index (χ1n) is 9.26. The van der Waals surface area contributed by atoms with Crippen LogP contribution in [0.15, 0.2) is 83.4 Å². The number of benzene rings is 2. The highest BCUT2D eigenvalue weighted by molar-refractivity contribution is 9.11. The zero-order valence-corrected chi connectivity index (χ0v) is 19.4. The summed E-state index contributed by atoms with van der Waals surface area (Å²) in [5.41, 5.74) is 0. The number of alkyl halides is 1. The van der Waals surface area contributed by atoms with Crippen LogP contribution in [0.5, 0.6) is 0 Å². The summed E-state index contributed by atoms with van der Waals surface area (Å²) in [6.07, 6.45) is 6.98. The molecule has 1 nitrogen and oxygen atoms in total. The van der Waals surface area contributed by atoms with Crippen LogP contribution in [0, 0.1) is 0 Å². The van der Waals surface area contributed by atoms with Crippen molar-refractivity contribution in [2.45, 2.75) is 37.1 Å². The van der Waals surface area contributed by atoms with Gasteiger partial charge in [-0.25, -0.2) is 0 Å². The molecular weight excluding hydrogens is 436 g/mol. The number of hydrogen-bond acceptors (Lipinski definition) is 1. The van der Waals surface area contributed by atoms with Crippen molar-refractivity contribution in [2.75, 3.05) is 6.61 Å². The topological polar surface area (TPSA) is 9.23 Å². The maximum absolute atomic E-state index is 6.96. The van der Waals surface area contributed by atoms with E-state index in [4.69, 9.17) is 16.0 Å². The Morgan fingerprint density at radius 3 is 1.96 bits per heavy atom. The van der Waals surface area contributed by atoms with Gasteiger partial charge < -0.3 is 4.43 Å². The van der Waals surface area contributed by atoms with Gasteiger partial charge in [0.25, 0.3) is 8.32 Å². The normalized spacial score (nSPS) is 20.4. The molecule has 1 unspecified atom stereocenters. The van der Waals surface area contributed by atoms with Crippen LogP contribution in [-0.4, -0.2) is 19.8 Å². The minimum absolute atomic E-state index is 0.0472. The zero-order valence-electron chi connectivity index (χ0n) is 16.1. The molecule has 0 fully saturated rings. The summed E-state index contributed by atoms with van der Waals surface area (Å²) in [5.74, 6) is 0. The summed E-state index contributed by atoms with van der Waals surface area (Å²) in [4.78, 5) is -0.527.